The molecular weight excluding hydrogens is 565 g/mol. The van der Waals surface area contributed by atoms with Crippen LogP contribution in [-0.4, -0.2) is 44.9 Å². The van der Waals surface area contributed by atoms with E-state index in [1.807, 2.05) is 37.2 Å². The number of ether oxygens (including phenoxy) is 1. The summed E-state index contributed by atoms with van der Waals surface area (Å²) in [5.41, 5.74) is 5.92. The highest BCUT2D eigenvalue weighted by Gasteiger charge is 2.24. The Bertz CT molecular complexity index is 2240. The van der Waals surface area contributed by atoms with Gasteiger partial charge < -0.3 is 4.74 Å². The van der Waals surface area contributed by atoms with Crippen LogP contribution in [0.15, 0.2) is 85.7 Å². The van der Waals surface area contributed by atoms with Crippen molar-refractivity contribution in [3.8, 4) is 11.5 Å². The Morgan fingerprint density at radius 2 is 1.02 bits per heavy atom. The second-order valence-corrected chi connectivity index (χ2v) is 23.5. The van der Waals surface area contributed by atoms with Crippen LogP contribution in [0.2, 0.25) is 39.3 Å². The zero-order valence-corrected chi connectivity index (χ0v) is 27.2. The van der Waals surface area contributed by atoms with E-state index in [1.165, 1.54) is 21.1 Å². The molecule has 9 heteroatoms. The fourth-order valence-corrected chi connectivity index (χ4v) is 9.69. The van der Waals surface area contributed by atoms with Crippen LogP contribution in [0.3, 0.4) is 0 Å². The van der Waals surface area contributed by atoms with Crippen LogP contribution < -0.4 is 15.1 Å². The third-order valence-electron chi connectivity index (χ3n) is 8.42. The molecule has 0 aliphatic heterocycles. The Balaban J connectivity index is 1.32. The van der Waals surface area contributed by atoms with Gasteiger partial charge in [-0.2, -0.15) is 0 Å². The zero-order chi connectivity index (χ0) is 29.7. The predicted molar refractivity (Wildman–Crippen MR) is 182 cm³/mol. The molecule has 212 valence electrons. The second-order valence-electron chi connectivity index (χ2n) is 13.4. The Morgan fingerprint density at radius 3 is 1.44 bits per heavy atom. The molecule has 0 bridgehead atoms. The van der Waals surface area contributed by atoms with Crippen molar-refractivity contribution in [3.05, 3.63) is 85.7 Å². The van der Waals surface area contributed by atoms with E-state index in [-0.39, 0.29) is 0 Å². The van der Waals surface area contributed by atoms with E-state index >= 15 is 0 Å². The van der Waals surface area contributed by atoms with Crippen molar-refractivity contribution < 1.29 is 4.74 Å². The third kappa shape index (κ3) is 3.91. The maximum atomic E-state index is 6.48. The molecular formula is C34H32N6OSi2. The monoisotopic (exact) mass is 596 g/mol. The van der Waals surface area contributed by atoms with E-state index in [0.29, 0.717) is 11.5 Å². The summed E-state index contributed by atoms with van der Waals surface area (Å²) in [6, 6.07) is 17.3. The van der Waals surface area contributed by atoms with Crippen LogP contribution in [-0.2, 0) is 0 Å². The molecule has 0 saturated heterocycles. The summed E-state index contributed by atoms with van der Waals surface area (Å²) >= 11 is 0. The van der Waals surface area contributed by atoms with Crippen LogP contribution >= 0.6 is 0 Å². The molecule has 6 heterocycles. The van der Waals surface area contributed by atoms with Crippen molar-refractivity contribution in [3.63, 3.8) is 0 Å². The van der Waals surface area contributed by atoms with E-state index in [2.05, 4.69) is 96.6 Å². The second kappa shape index (κ2) is 8.95. The number of imidazole rings is 2. The molecule has 0 saturated carbocycles. The lowest BCUT2D eigenvalue weighted by Gasteiger charge is -2.21. The molecule has 0 spiro atoms. The number of pyridine rings is 4. The summed E-state index contributed by atoms with van der Waals surface area (Å²) in [5, 5.41) is 7.12. The van der Waals surface area contributed by atoms with E-state index < -0.39 is 16.1 Å². The first kappa shape index (κ1) is 26.1. The first-order chi connectivity index (χ1) is 20.6. The minimum absolute atomic E-state index is 0.645. The highest BCUT2D eigenvalue weighted by molar-refractivity contribution is 6.91. The molecule has 0 aliphatic rings. The van der Waals surface area contributed by atoms with Crippen LogP contribution in [0.5, 0.6) is 11.5 Å². The standard InChI is InChI=1S/C34H32N6OSi2/c1-42(2,3)27-11-7-9-25-29(27)31-23(33-35-13-15-39(25)33)17-21(19-37-31)41-22-18-24-32(38-20-22)30-26(40-16-14-36-34(24)40)10-8-12-28(30)43(4,5)6/h7-20H,1-6H3. The number of rotatable bonds is 4. The number of fused-ring (bicyclic) bond motifs is 12. The number of hydrogen-bond acceptors (Lipinski definition) is 5. The van der Waals surface area contributed by atoms with Crippen molar-refractivity contribution in [2.75, 3.05) is 0 Å². The normalized spacial score (nSPS) is 12.9. The highest BCUT2D eigenvalue weighted by Crippen LogP contribution is 2.34. The Labute approximate surface area is 250 Å². The molecule has 8 rings (SSSR count). The van der Waals surface area contributed by atoms with Gasteiger partial charge in [-0.15, -0.1) is 0 Å². The first-order valence-electron chi connectivity index (χ1n) is 14.6. The Morgan fingerprint density at radius 1 is 0.581 bits per heavy atom. The molecule has 0 aliphatic carbocycles. The van der Waals surface area contributed by atoms with Gasteiger partial charge in [0.25, 0.3) is 0 Å². The average Bonchev–Trinajstić information content (AvgIpc) is 3.67. The minimum Gasteiger partial charge on any atom is -0.454 e. The van der Waals surface area contributed by atoms with Gasteiger partial charge >= 0.3 is 0 Å². The number of nitrogens with zero attached hydrogens (tertiary/aromatic N) is 6. The molecule has 0 atom stereocenters. The van der Waals surface area contributed by atoms with Gasteiger partial charge in [0.05, 0.1) is 50.6 Å². The number of hydrogen-bond donors (Lipinski definition) is 0. The van der Waals surface area contributed by atoms with Gasteiger partial charge in [0.2, 0.25) is 0 Å². The SMILES string of the molecule is C[Si](C)(C)c1cccc2c1c1ncc(Oc3cnc4c(c3)c3nccn3c3cccc([Si](C)(C)C)c43)cc1c1nccn21. The van der Waals surface area contributed by atoms with Gasteiger partial charge in [0, 0.05) is 46.3 Å². The molecule has 2 aromatic carbocycles. The average molecular weight is 597 g/mol. The molecule has 0 N–H and O–H groups in total. The number of benzene rings is 2. The summed E-state index contributed by atoms with van der Waals surface area (Å²) in [6.45, 7) is 14.3. The molecule has 0 radical (unpaired) electrons. The van der Waals surface area contributed by atoms with Crippen LogP contribution in [0.1, 0.15) is 0 Å². The first-order valence-corrected chi connectivity index (χ1v) is 21.6. The van der Waals surface area contributed by atoms with Crippen molar-refractivity contribution in [2.24, 2.45) is 0 Å². The largest absolute Gasteiger partial charge is 0.454 e. The van der Waals surface area contributed by atoms with Crippen molar-refractivity contribution in [2.45, 2.75) is 39.3 Å². The van der Waals surface area contributed by atoms with Crippen LogP contribution in [0.25, 0.3) is 54.9 Å². The highest BCUT2D eigenvalue weighted by atomic mass is 28.3. The van der Waals surface area contributed by atoms with Gasteiger partial charge in [0.15, 0.2) is 0 Å². The number of aromatic nitrogens is 6. The molecule has 0 amide bonds. The fourth-order valence-electron chi connectivity index (χ4n) is 6.50. The Hall–Kier alpha value is -4.61. The Kier molecular flexibility index (Phi) is 5.42. The predicted octanol–water partition coefficient (Wildman–Crippen LogP) is 7.27. The lowest BCUT2D eigenvalue weighted by atomic mass is 10.1. The zero-order valence-electron chi connectivity index (χ0n) is 25.2. The molecule has 7 nitrogen and oxygen atoms in total. The van der Waals surface area contributed by atoms with E-state index in [1.54, 1.807) is 0 Å². The molecule has 43 heavy (non-hydrogen) atoms. The van der Waals surface area contributed by atoms with Crippen molar-refractivity contribution in [1.82, 2.24) is 28.7 Å². The maximum Gasteiger partial charge on any atom is 0.146 e. The van der Waals surface area contributed by atoms with E-state index in [0.717, 1.165) is 44.1 Å². The minimum atomic E-state index is -1.65. The van der Waals surface area contributed by atoms with Crippen molar-refractivity contribution in [1.29, 1.82) is 0 Å². The quantitative estimate of drug-likeness (QED) is 0.158. The summed E-state index contributed by atoms with van der Waals surface area (Å²) < 4.78 is 10.8. The van der Waals surface area contributed by atoms with Crippen LogP contribution in [0, 0.1) is 0 Å². The summed E-state index contributed by atoms with van der Waals surface area (Å²) in [7, 11) is -3.31. The van der Waals surface area contributed by atoms with Crippen LogP contribution in [0.4, 0.5) is 0 Å². The smallest absolute Gasteiger partial charge is 0.146 e. The van der Waals surface area contributed by atoms with Gasteiger partial charge in [-0.05, 0) is 34.6 Å². The van der Waals surface area contributed by atoms with Gasteiger partial charge in [0.1, 0.15) is 22.8 Å². The fraction of sp³-hybridized carbons (Fsp3) is 0.176. The summed E-state index contributed by atoms with van der Waals surface area (Å²) in [4.78, 5) is 19.5. The molecule has 0 fully saturated rings. The van der Waals surface area contributed by atoms with Gasteiger partial charge in [-0.1, -0.05) is 63.5 Å². The third-order valence-corrected chi connectivity index (χ3v) is 12.5. The molecule has 6 aromatic heterocycles. The summed E-state index contributed by atoms with van der Waals surface area (Å²) in [6.07, 6.45) is 11.4. The lowest BCUT2D eigenvalue weighted by molar-refractivity contribution is 0.480. The van der Waals surface area contributed by atoms with Gasteiger partial charge in [-0.3, -0.25) is 18.8 Å². The lowest BCUT2D eigenvalue weighted by Crippen LogP contribution is -2.38. The van der Waals surface area contributed by atoms with E-state index in [9.17, 15) is 0 Å². The van der Waals surface area contributed by atoms with E-state index in [4.69, 9.17) is 24.7 Å². The maximum absolute atomic E-state index is 6.48. The van der Waals surface area contributed by atoms with Crippen molar-refractivity contribution >= 4 is 81.4 Å². The molecule has 8 aromatic rings. The van der Waals surface area contributed by atoms with Gasteiger partial charge in [-0.25, -0.2) is 9.97 Å². The topological polar surface area (TPSA) is 69.6 Å². The summed E-state index contributed by atoms with van der Waals surface area (Å²) in [5.74, 6) is 1.29. The molecule has 0 unspecified atom stereocenters.